The summed E-state index contributed by atoms with van der Waals surface area (Å²) in [6.45, 7) is 5.48. The lowest BCUT2D eigenvalue weighted by atomic mass is 9.99. The van der Waals surface area contributed by atoms with E-state index in [-0.39, 0.29) is 13.0 Å². The number of amides is 2. The van der Waals surface area contributed by atoms with E-state index in [0.29, 0.717) is 5.69 Å². The summed E-state index contributed by atoms with van der Waals surface area (Å²) in [6, 6.07) is 19.6. The lowest BCUT2D eigenvalue weighted by Gasteiger charge is -2.26. The molecule has 0 saturated carbocycles. The number of nitrogens with zero attached hydrogens (tertiary/aromatic N) is 1. The van der Waals surface area contributed by atoms with Crippen LogP contribution in [0.1, 0.15) is 31.9 Å². The van der Waals surface area contributed by atoms with Crippen molar-refractivity contribution in [3.63, 3.8) is 0 Å². The summed E-state index contributed by atoms with van der Waals surface area (Å²) in [4.78, 5) is 39.2. The van der Waals surface area contributed by atoms with E-state index < -0.39 is 29.8 Å². The van der Waals surface area contributed by atoms with Crippen LogP contribution in [0.3, 0.4) is 0 Å². The average molecular weight is 493 g/mol. The van der Waals surface area contributed by atoms with Gasteiger partial charge in [-0.25, -0.2) is 14.4 Å². The Balaban J connectivity index is 1.84. The Morgan fingerprint density at radius 2 is 1.61 bits per heavy atom. The fraction of sp³-hybridized carbons (Fsp3) is 0.321. The molecule has 190 valence electrons. The van der Waals surface area contributed by atoms with E-state index >= 15 is 0 Å². The number of esters is 1. The SMILES string of the molecule is COC(=O)[C@H](Cc1cc(N(C)C(=O)OC(C)(C)C)c2ccccc2c1)NC(=O)OCc1ccccc1. The van der Waals surface area contributed by atoms with E-state index in [9.17, 15) is 14.4 Å². The van der Waals surface area contributed by atoms with Gasteiger partial charge in [-0.3, -0.25) is 4.90 Å². The van der Waals surface area contributed by atoms with Gasteiger partial charge in [-0.2, -0.15) is 0 Å². The van der Waals surface area contributed by atoms with Gasteiger partial charge < -0.3 is 19.5 Å². The molecule has 36 heavy (non-hydrogen) atoms. The number of carbonyl (C=O) groups is 3. The predicted octanol–water partition coefficient (Wildman–Crippen LogP) is 5.22. The zero-order chi connectivity index (χ0) is 26.3. The fourth-order valence-electron chi connectivity index (χ4n) is 3.65. The fourth-order valence-corrected chi connectivity index (χ4v) is 3.65. The van der Waals surface area contributed by atoms with Crippen molar-refractivity contribution >= 4 is 34.6 Å². The van der Waals surface area contributed by atoms with Gasteiger partial charge in [0.1, 0.15) is 18.2 Å². The first-order chi connectivity index (χ1) is 17.1. The molecule has 8 heteroatoms. The van der Waals surface area contributed by atoms with E-state index in [1.807, 2.05) is 60.7 Å². The highest BCUT2D eigenvalue weighted by Gasteiger charge is 2.25. The van der Waals surface area contributed by atoms with Gasteiger partial charge in [-0.15, -0.1) is 0 Å². The molecule has 0 radical (unpaired) electrons. The third-order valence-electron chi connectivity index (χ3n) is 5.36. The molecule has 2 amide bonds. The van der Waals surface area contributed by atoms with E-state index in [2.05, 4.69) is 5.32 Å². The van der Waals surface area contributed by atoms with Crippen LogP contribution in [-0.4, -0.2) is 44.0 Å². The Morgan fingerprint density at radius 3 is 2.28 bits per heavy atom. The van der Waals surface area contributed by atoms with Gasteiger partial charge in [0, 0.05) is 18.9 Å². The summed E-state index contributed by atoms with van der Waals surface area (Å²) in [5.74, 6) is -0.609. The minimum absolute atomic E-state index is 0.0708. The van der Waals surface area contributed by atoms with Crippen LogP contribution in [0.2, 0.25) is 0 Å². The molecule has 0 aliphatic heterocycles. The number of fused-ring (bicyclic) bond motifs is 1. The Bertz CT molecular complexity index is 1220. The number of anilines is 1. The van der Waals surface area contributed by atoms with Crippen LogP contribution in [0, 0.1) is 0 Å². The van der Waals surface area contributed by atoms with Gasteiger partial charge in [-0.1, -0.05) is 60.7 Å². The molecule has 3 aromatic rings. The maximum absolute atomic E-state index is 12.8. The standard InChI is InChI=1S/C28H32N2O6/c1-28(2,3)36-27(33)30(4)24-17-20(15-21-13-9-10-14-22(21)24)16-23(25(31)34-5)29-26(32)35-18-19-11-7-6-8-12-19/h6-15,17,23H,16,18H2,1-5H3,(H,29,32)/t23-/m0/s1. The molecule has 8 nitrogen and oxygen atoms in total. The molecule has 0 aromatic heterocycles. The number of carbonyl (C=O) groups excluding carboxylic acids is 3. The molecule has 0 fully saturated rings. The maximum Gasteiger partial charge on any atom is 0.414 e. The van der Waals surface area contributed by atoms with Gasteiger partial charge >= 0.3 is 18.2 Å². The molecule has 1 N–H and O–H groups in total. The molecular weight excluding hydrogens is 460 g/mol. The largest absolute Gasteiger partial charge is 0.467 e. The van der Waals surface area contributed by atoms with Crippen molar-refractivity contribution in [3.8, 4) is 0 Å². The monoisotopic (exact) mass is 492 g/mol. The molecule has 0 saturated heterocycles. The Morgan fingerprint density at radius 1 is 0.944 bits per heavy atom. The van der Waals surface area contributed by atoms with E-state index in [0.717, 1.165) is 21.9 Å². The Labute approximate surface area is 211 Å². The van der Waals surface area contributed by atoms with E-state index in [1.54, 1.807) is 33.9 Å². The van der Waals surface area contributed by atoms with Crippen molar-refractivity contribution in [1.82, 2.24) is 5.32 Å². The molecule has 3 rings (SSSR count). The third kappa shape index (κ3) is 7.21. The highest BCUT2D eigenvalue weighted by Crippen LogP contribution is 2.30. The number of hydrogen-bond donors (Lipinski definition) is 1. The van der Waals surface area contributed by atoms with Gasteiger partial charge in [0.15, 0.2) is 0 Å². The van der Waals surface area contributed by atoms with E-state index in [4.69, 9.17) is 14.2 Å². The van der Waals surface area contributed by atoms with Gasteiger partial charge in [0.25, 0.3) is 0 Å². The summed E-state index contributed by atoms with van der Waals surface area (Å²) in [7, 11) is 2.89. The van der Waals surface area contributed by atoms with Crippen LogP contribution < -0.4 is 10.2 Å². The molecular formula is C28H32N2O6. The summed E-state index contributed by atoms with van der Waals surface area (Å²) in [5, 5.41) is 4.31. The van der Waals surface area contributed by atoms with Crippen LogP contribution in [0.15, 0.2) is 66.7 Å². The van der Waals surface area contributed by atoms with E-state index in [1.165, 1.54) is 12.0 Å². The van der Waals surface area contributed by atoms with Crippen molar-refractivity contribution in [2.24, 2.45) is 0 Å². The highest BCUT2D eigenvalue weighted by atomic mass is 16.6. The van der Waals surface area contributed by atoms with Crippen molar-refractivity contribution in [2.75, 3.05) is 19.1 Å². The topological polar surface area (TPSA) is 94.2 Å². The number of rotatable bonds is 7. The van der Waals surface area contributed by atoms with Gasteiger partial charge in [-0.05, 0) is 43.4 Å². The summed E-state index contributed by atoms with van der Waals surface area (Å²) in [5.41, 5.74) is 1.51. The smallest absolute Gasteiger partial charge is 0.414 e. The van der Waals surface area contributed by atoms with Gasteiger partial charge in [0.05, 0.1) is 12.8 Å². The quantitative estimate of drug-likeness (QED) is 0.359. The lowest BCUT2D eigenvalue weighted by molar-refractivity contribution is -0.143. The van der Waals surface area contributed by atoms with Gasteiger partial charge in [0.2, 0.25) is 0 Å². The molecule has 3 aromatic carbocycles. The van der Waals surface area contributed by atoms with Crippen molar-refractivity contribution < 1.29 is 28.6 Å². The number of nitrogens with one attached hydrogen (secondary N) is 1. The normalized spacial score (nSPS) is 11.9. The number of methoxy groups -OCH3 is 1. The summed E-state index contributed by atoms with van der Waals surface area (Å²) < 4.78 is 15.7. The maximum atomic E-state index is 12.8. The minimum atomic E-state index is -0.987. The van der Waals surface area contributed by atoms with Crippen LogP contribution in [0.25, 0.3) is 10.8 Å². The molecule has 0 spiro atoms. The number of hydrogen-bond acceptors (Lipinski definition) is 6. The average Bonchev–Trinajstić information content (AvgIpc) is 2.85. The predicted molar refractivity (Wildman–Crippen MR) is 138 cm³/mol. The highest BCUT2D eigenvalue weighted by molar-refractivity contribution is 6.02. The second-order valence-electron chi connectivity index (χ2n) is 9.36. The van der Waals surface area contributed by atoms with Crippen molar-refractivity contribution in [3.05, 3.63) is 77.9 Å². The second kappa shape index (κ2) is 11.6. The molecule has 0 bridgehead atoms. The first-order valence-electron chi connectivity index (χ1n) is 11.6. The van der Waals surface area contributed by atoms with Crippen LogP contribution in [-0.2, 0) is 32.0 Å². The minimum Gasteiger partial charge on any atom is -0.467 e. The summed E-state index contributed by atoms with van der Waals surface area (Å²) in [6.07, 6.45) is -1.11. The second-order valence-corrected chi connectivity index (χ2v) is 9.36. The van der Waals surface area contributed by atoms with Crippen LogP contribution >= 0.6 is 0 Å². The zero-order valence-corrected chi connectivity index (χ0v) is 21.2. The van der Waals surface area contributed by atoms with Crippen LogP contribution in [0.5, 0.6) is 0 Å². The molecule has 0 aliphatic rings. The van der Waals surface area contributed by atoms with Crippen molar-refractivity contribution in [1.29, 1.82) is 0 Å². The molecule has 1 atom stereocenters. The van der Waals surface area contributed by atoms with Crippen molar-refractivity contribution in [2.45, 2.75) is 45.4 Å². The summed E-state index contributed by atoms with van der Waals surface area (Å²) >= 11 is 0. The first kappa shape index (κ1) is 26.5. The zero-order valence-electron chi connectivity index (χ0n) is 21.2. The Kier molecular flexibility index (Phi) is 8.53. The molecule has 0 heterocycles. The van der Waals surface area contributed by atoms with Crippen LogP contribution in [0.4, 0.5) is 15.3 Å². The number of ether oxygens (including phenoxy) is 3. The molecule has 0 unspecified atom stereocenters. The molecule has 0 aliphatic carbocycles. The first-order valence-corrected chi connectivity index (χ1v) is 11.6. The Hall–Kier alpha value is -4.07. The number of alkyl carbamates (subject to hydrolysis) is 1. The number of benzene rings is 3. The lowest BCUT2D eigenvalue weighted by Crippen LogP contribution is -2.43. The third-order valence-corrected chi connectivity index (χ3v) is 5.36.